The van der Waals surface area contributed by atoms with Gasteiger partial charge in [0.1, 0.15) is 5.60 Å². The highest BCUT2D eigenvalue weighted by Gasteiger charge is 2.38. The van der Waals surface area contributed by atoms with E-state index < -0.39 is 5.60 Å². The molecule has 1 aliphatic rings. The summed E-state index contributed by atoms with van der Waals surface area (Å²) in [5.74, 6) is 0.132. The largest absolute Gasteiger partial charge is 0.367 e. The molecular formula is C14H14O2S. The molecule has 0 radical (unpaired) electrons. The second-order valence-electron chi connectivity index (χ2n) is 4.66. The highest BCUT2D eigenvalue weighted by Crippen LogP contribution is 2.34. The molecule has 1 saturated heterocycles. The summed E-state index contributed by atoms with van der Waals surface area (Å²) < 4.78 is 6.79. The van der Waals surface area contributed by atoms with Gasteiger partial charge in [-0.15, -0.1) is 11.3 Å². The maximum absolute atomic E-state index is 12.5. The molecule has 0 aliphatic carbocycles. The van der Waals surface area contributed by atoms with E-state index in [9.17, 15) is 4.79 Å². The lowest BCUT2D eigenvalue weighted by molar-refractivity contribution is 0.0215. The third-order valence-corrected chi connectivity index (χ3v) is 4.39. The second-order valence-corrected chi connectivity index (χ2v) is 5.57. The number of carbonyl (C=O) groups is 1. The number of hydrogen-bond acceptors (Lipinski definition) is 3. The van der Waals surface area contributed by atoms with Crippen LogP contribution in [0.25, 0.3) is 10.1 Å². The third kappa shape index (κ3) is 1.70. The van der Waals surface area contributed by atoms with Crippen molar-refractivity contribution in [3.8, 4) is 0 Å². The number of ketones is 1. The second kappa shape index (κ2) is 3.93. The highest BCUT2D eigenvalue weighted by molar-refractivity contribution is 7.17. The van der Waals surface area contributed by atoms with Crippen molar-refractivity contribution >= 4 is 27.2 Å². The monoisotopic (exact) mass is 246 g/mol. The number of thiophene rings is 1. The molecular weight excluding hydrogens is 232 g/mol. The van der Waals surface area contributed by atoms with E-state index in [1.165, 1.54) is 0 Å². The molecule has 0 amide bonds. The molecule has 1 unspecified atom stereocenters. The Morgan fingerprint density at radius 3 is 3.00 bits per heavy atom. The van der Waals surface area contributed by atoms with E-state index in [1.54, 1.807) is 11.3 Å². The number of Topliss-reactive ketones (excluding diaryl/α,β-unsaturated/α-hetero) is 1. The van der Waals surface area contributed by atoms with E-state index in [2.05, 4.69) is 6.07 Å². The molecule has 1 atom stereocenters. The van der Waals surface area contributed by atoms with Gasteiger partial charge < -0.3 is 4.74 Å². The molecule has 17 heavy (non-hydrogen) atoms. The molecule has 1 aliphatic heterocycles. The molecule has 88 valence electrons. The predicted octanol–water partition coefficient (Wildman–Crippen LogP) is 3.65. The summed E-state index contributed by atoms with van der Waals surface area (Å²) in [6.45, 7) is 2.61. The van der Waals surface area contributed by atoms with Crippen molar-refractivity contribution in [1.29, 1.82) is 0 Å². The van der Waals surface area contributed by atoms with Gasteiger partial charge in [0, 0.05) is 27.6 Å². The molecule has 2 aromatic rings. The fraction of sp³-hybridized carbons (Fsp3) is 0.357. The first-order chi connectivity index (χ1) is 8.21. The van der Waals surface area contributed by atoms with Crippen molar-refractivity contribution in [2.75, 3.05) is 6.61 Å². The molecule has 2 heterocycles. The number of rotatable bonds is 2. The molecule has 0 saturated carbocycles. The molecule has 3 heteroatoms. The minimum Gasteiger partial charge on any atom is -0.367 e. The van der Waals surface area contributed by atoms with Gasteiger partial charge in [0.15, 0.2) is 5.78 Å². The summed E-state index contributed by atoms with van der Waals surface area (Å²) in [4.78, 5) is 12.5. The minimum atomic E-state index is -0.607. The number of carbonyl (C=O) groups excluding carboxylic acids is 1. The van der Waals surface area contributed by atoms with E-state index in [4.69, 9.17) is 4.74 Å². The van der Waals surface area contributed by atoms with Crippen LogP contribution in [-0.2, 0) is 4.74 Å². The summed E-state index contributed by atoms with van der Waals surface area (Å²) in [7, 11) is 0. The van der Waals surface area contributed by atoms with Crippen molar-refractivity contribution in [3.63, 3.8) is 0 Å². The van der Waals surface area contributed by atoms with Crippen LogP contribution in [0.3, 0.4) is 0 Å². The van der Waals surface area contributed by atoms with Crippen LogP contribution in [0, 0.1) is 0 Å². The fourth-order valence-electron chi connectivity index (χ4n) is 2.40. The Bertz CT molecular complexity index is 564. The maximum Gasteiger partial charge on any atom is 0.195 e. The van der Waals surface area contributed by atoms with Crippen LogP contribution >= 0.6 is 11.3 Å². The highest BCUT2D eigenvalue weighted by atomic mass is 32.1. The van der Waals surface area contributed by atoms with Gasteiger partial charge in [0.05, 0.1) is 0 Å². The maximum atomic E-state index is 12.5. The molecule has 2 nitrogen and oxygen atoms in total. The van der Waals surface area contributed by atoms with Crippen LogP contribution in [0.1, 0.15) is 30.1 Å². The van der Waals surface area contributed by atoms with Crippen LogP contribution in [-0.4, -0.2) is 18.0 Å². The van der Waals surface area contributed by atoms with E-state index in [-0.39, 0.29) is 5.78 Å². The van der Waals surface area contributed by atoms with Crippen molar-refractivity contribution in [3.05, 3.63) is 35.2 Å². The summed E-state index contributed by atoms with van der Waals surface area (Å²) in [6.07, 6.45) is 1.81. The Hall–Kier alpha value is -1.19. The lowest BCUT2D eigenvalue weighted by Crippen LogP contribution is -2.34. The Balaban J connectivity index is 2.07. The van der Waals surface area contributed by atoms with Gasteiger partial charge in [0.25, 0.3) is 0 Å². The SMILES string of the molecule is CC1(C(=O)c2csc3ccccc23)CCCO1. The Kier molecular flexibility index (Phi) is 2.53. The molecule has 0 bridgehead atoms. The van der Waals surface area contributed by atoms with E-state index in [1.807, 2.05) is 30.5 Å². The van der Waals surface area contributed by atoms with Crippen LogP contribution in [0.4, 0.5) is 0 Å². The Labute approximate surface area is 104 Å². The Morgan fingerprint density at radius 2 is 2.24 bits per heavy atom. The zero-order valence-corrected chi connectivity index (χ0v) is 10.5. The lowest BCUT2D eigenvalue weighted by Gasteiger charge is -2.20. The van der Waals surface area contributed by atoms with Gasteiger partial charge in [-0.3, -0.25) is 4.79 Å². The van der Waals surface area contributed by atoms with Gasteiger partial charge in [0.2, 0.25) is 0 Å². The zero-order chi connectivity index (χ0) is 11.9. The summed E-state index contributed by atoms with van der Waals surface area (Å²) in [5, 5.41) is 3.01. The molecule has 0 N–H and O–H groups in total. The minimum absolute atomic E-state index is 0.132. The average molecular weight is 246 g/mol. The normalized spacial score (nSPS) is 24.3. The Morgan fingerprint density at radius 1 is 1.41 bits per heavy atom. The number of fused-ring (bicyclic) bond motifs is 1. The van der Waals surface area contributed by atoms with Crippen molar-refractivity contribution < 1.29 is 9.53 Å². The topological polar surface area (TPSA) is 26.3 Å². The van der Waals surface area contributed by atoms with Crippen LogP contribution in [0.2, 0.25) is 0 Å². The van der Waals surface area contributed by atoms with Gasteiger partial charge in [-0.2, -0.15) is 0 Å². The van der Waals surface area contributed by atoms with Gasteiger partial charge in [-0.05, 0) is 25.8 Å². The van der Waals surface area contributed by atoms with Crippen LogP contribution < -0.4 is 0 Å². The standard InChI is InChI=1S/C14H14O2S/c1-14(7-4-8-16-14)13(15)11-9-17-12-6-3-2-5-10(11)12/h2-3,5-6,9H,4,7-8H2,1H3. The quantitative estimate of drug-likeness (QED) is 0.756. The van der Waals surface area contributed by atoms with E-state index in [0.29, 0.717) is 6.61 Å². The van der Waals surface area contributed by atoms with Crippen molar-refractivity contribution in [1.82, 2.24) is 0 Å². The van der Waals surface area contributed by atoms with Gasteiger partial charge >= 0.3 is 0 Å². The van der Waals surface area contributed by atoms with Crippen LogP contribution in [0.15, 0.2) is 29.6 Å². The summed E-state index contributed by atoms with van der Waals surface area (Å²) in [6, 6.07) is 8.04. The van der Waals surface area contributed by atoms with Gasteiger partial charge in [-0.1, -0.05) is 18.2 Å². The van der Waals surface area contributed by atoms with Crippen molar-refractivity contribution in [2.24, 2.45) is 0 Å². The van der Waals surface area contributed by atoms with E-state index >= 15 is 0 Å². The lowest BCUT2D eigenvalue weighted by atomic mass is 9.92. The molecule has 1 aromatic heterocycles. The van der Waals surface area contributed by atoms with Crippen molar-refractivity contribution in [2.45, 2.75) is 25.4 Å². The zero-order valence-electron chi connectivity index (χ0n) is 9.73. The molecule has 3 rings (SSSR count). The third-order valence-electron chi connectivity index (χ3n) is 3.42. The first-order valence-electron chi connectivity index (χ1n) is 5.86. The van der Waals surface area contributed by atoms with Crippen LogP contribution in [0.5, 0.6) is 0 Å². The summed E-state index contributed by atoms with van der Waals surface area (Å²) in [5.41, 5.74) is 0.208. The van der Waals surface area contributed by atoms with Gasteiger partial charge in [-0.25, -0.2) is 0 Å². The average Bonchev–Trinajstić information content (AvgIpc) is 2.95. The van der Waals surface area contributed by atoms with E-state index in [0.717, 1.165) is 28.5 Å². The smallest absolute Gasteiger partial charge is 0.195 e. The first-order valence-corrected chi connectivity index (χ1v) is 6.74. The molecule has 0 spiro atoms. The molecule has 1 aromatic carbocycles. The number of benzene rings is 1. The summed E-state index contributed by atoms with van der Waals surface area (Å²) >= 11 is 1.62. The number of ether oxygens (including phenoxy) is 1. The predicted molar refractivity (Wildman–Crippen MR) is 69.7 cm³/mol. The molecule has 1 fully saturated rings. The first kappa shape index (κ1) is 10.9. The number of hydrogen-bond donors (Lipinski definition) is 0. The fourth-order valence-corrected chi connectivity index (χ4v) is 3.34.